The Balaban J connectivity index is 1.69. The highest BCUT2D eigenvalue weighted by Gasteiger charge is 2.33. The Hall–Kier alpha value is -4.41. The topological polar surface area (TPSA) is 83.5 Å². The zero-order valence-electron chi connectivity index (χ0n) is 19.7. The molecule has 0 amide bonds. The molecule has 36 heavy (non-hydrogen) atoms. The van der Waals surface area contributed by atoms with E-state index in [4.69, 9.17) is 26.4 Å². The summed E-state index contributed by atoms with van der Waals surface area (Å²) >= 11 is 6.10. The summed E-state index contributed by atoms with van der Waals surface area (Å²) in [6, 6.07) is 26.3. The number of anilines is 1. The highest BCUT2D eigenvalue weighted by atomic mass is 35.5. The standard InChI is InChI=1S/C28H22ClN5O2/c1-33-27(35)23(17-30)26(20-6-4-3-5-7-20)31-28(33)34-25(19-10-14-22(36-2)15-11-19)16-24(32-34)18-8-12-21(29)13-9-18/h3-15,25H,16H2,1-2H3. The Morgan fingerprint density at radius 1 is 1.00 bits per heavy atom. The first-order chi connectivity index (χ1) is 17.5. The number of nitriles is 1. The highest BCUT2D eigenvalue weighted by molar-refractivity contribution is 6.30. The lowest BCUT2D eigenvalue weighted by molar-refractivity contribution is 0.414. The molecular formula is C28H22ClN5O2. The average molecular weight is 496 g/mol. The van der Waals surface area contributed by atoms with E-state index < -0.39 is 5.56 Å². The van der Waals surface area contributed by atoms with Gasteiger partial charge >= 0.3 is 0 Å². The summed E-state index contributed by atoms with van der Waals surface area (Å²) in [7, 11) is 3.24. The smallest absolute Gasteiger partial charge is 0.273 e. The maximum absolute atomic E-state index is 13.3. The lowest BCUT2D eigenvalue weighted by Gasteiger charge is -2.25. The van der Waals surface area contributed by atoms with Crippen molar-refractivity contribution < 1.29 is 4.74 Å². The van der Waals surface area contributed by atoms with Gasteiger partial charge in [0.2, 0.25) is 5.95 Å². The normalized spacial score (nSPS) is 14.9. The molecule has 0 saturated heterocycles. The Kier molecular flexibility index (Phi) is 6.28. The van der Waals surface area contributed by atoms with Gasteiger partial charge in [-0.2, -0.15) is 10.4 Å². The second-order valence-corrected chi connectivity index (χ2v) is 8.81. The van der Waals surface area contributed by atoms with E-state index in [1.54, 1.807) is 19.2 Å². The van der Waals surface area contributed by atoms with Gasteiger partial charge in [0.15, 0.2) is 0 Å². The number of ether oxygens (including phenoxy) is 1. The number of methoxy groups -OCH3 is 1. The minimum atomic E-state index is -0.426. The van der Waals surface area contributed by atoms with Crippen molar-refractivity contribution in [1.29, 1.82) is 5.26 Å². The summed E-state index contributed by atoms with van der Waals surface area (Å²) in [4.78, 5) is 18.1. The summed E-state index contributed by atoms with van der Waals surface area (Å²) in [5.41, 5.74) is 3.35. The second kappa shape index (κ2) is 9.68. The molecule has 1 unspecified atom stereocenters. The largest absolute Gasteiger partial charge is 0.497 e. The van der Waals surface area contributed by atoms with Crippen LogP contribution in [0.3, 0.4) is 0 Å². The average Bonchev–Trinajstić information content (AvgIpc) is 3.36. The van der Waals surface area contributed by atoms with Crippen LogP contribution >= 0.6 is 11.6 Å². The summed E-state index contributed by atoms with van der Waals surface area (Å²) in [5.74, 6) is 1.10. The molecule has 5 rings (SSSR count). The first kappa shape index (κ1) is 23.3. The third kappa shape index (κ3) is 4.23. The Morgan fingerprint density at radius 3 is 2.33 bits per heavy atom. The minimum Gasteiger partial charge on any atom is -0.497 e. The molecule has 178 valence electrons. The number of benzene rings is 3. The summed E-state index contributed by atoms with van der Waals surface area (Å²) in [6.07, 6.45) is 0.588. The Morgan fingerprint density at radius 2 is 1.69 bits per heavy atom. The van der Waals surface area contributed by atoms with Crippen molar-refractivity contribution in [1.82, 2.24) is 9.55 Å². The molecule has 1 atom stereocenters. The van der Waals surface area contributed by atoms with Gasteiger partial charge in [0.25, 0.3) is 5.56 Å². The van der Waals surface area contributed by atoms with Crippen LogP contribution in [0.2, 0.25) is 5.02 Å². The van der Waals surface area contributed by atoms with Crippen LogP contribution < -0.4 is 15.3 Å². The number of hydrogen-bond donors (Lipinski definition) is 0. The quantitative estimate of drug-likeness (QED) is 0.373. The molecule has 1 aliphatic rings. The van der Waals surface area contributed by atoms with E-state index in [2.05, 4.69) is 0 Å². The van der Waals surface area contributed by atoms with Crippen LogP contribution in [-0.4, -0.2) is 22.4 Å². The van der Waals surface area contributed by atoms with Crippen LogP contribution in [0.25, 0.3) is 11.3 Å². The van der Waals surface area contributed by atoms with Crippen molar-refractivity contribution in [2.24, 2.45) is 12.1 Å². The first-order valence-electron chi connectivity index (χ1n) is 11.3. The van der Waals surface area contributed by atoms with Gasteiger partial charge in [-0.1, -0.05) is 66.2 Å². The van der Waals surface area contributed by atoms with E-state index in [0.717, 1.165) is 22.6 Å². The molecule has 0 N–H and O–H groups in total. The molecule has 4 aromatic rings. The van der Waals surface area contributed by atoms with Crippen molar-refractivity contribution in [3.63, 3.8) is 0 Å². The van der Waals surface area contributed by atoms with Gasteiger partial charge in [0, 0.05) is 24.1 Å². The van der Waals surface area contributed by atoms with Crippen LogP contribution in [0, 0.1) is 11.3 Å². The van der Waals surface area contributed by atoms with Crippen LogP contribution in [-0.2, 0) is 7.05 Å². The van der Waals surface area contributed by atoms with E-state index in [1.165, 1.54) is 4.57 Å². The zero-order chi connectivity index (χ0) is 25.2. The molecule has 3 aromatic carbocycles. The van der Waals surface area contributed by atoms with Crippen molar-refractivity contribution >= 4 is 23.3 Å². The predicted molar refractivity (Wildman–Crippen MR) is 140 cm³/mol. The van der Waals surface area contributed by atoms with Crippen LogP contribution in [0.1, 0.15) is 29.2 Å². The maximum Gasteiger partial charge on any atom is 0.273 e. The number of hydrazone groups is 1. The van der Waals surface area contributed by atoms with Gasteiger partial charge < -0.3 is 4.74 Å². The summed E-state index contributed by atoms with van der Waals surface area (Å²) < 4.78 is 6.71. The minimum absolute atomic E-state index is 0.00505. The van der Waals surface area contributed by atoms with Crippen LogP contribution in [0.15, 0.2) is 88.8 Å². The SMILES string of the molecule is COc1ccc(C2CC(c3ccc(Cl)cc3)=NN2c2nc(-c3ccccc3)c(C#N)c(=O)n2C)cc1. The maximum atomic E-state index is 13.3. The number of hydrogen-bond acceptors (Lipinski definition) is 6. The molecule has 0 fully saturated rings. The molecule has 0 spiro atoms. The van der Waals surface area contributed by atoms with Crippen molar-refractivity contribution in [2.75, 3.05) is 12.1 Å². The van der Waals surface area contributed by atoms with Gasteiger partial charge in [0.05, 0.1) is 24.6 Å². The van der Waals surface area contributed by atoms with E-state index in [9.17, 15) is 10.1 Å². The van der Waals surface area contributed by atoms with Crippen LogP contribution in [0.4, 0.5) is 5.95 Å². The molecule has 8 heteroatoms. The molecular weight excluding hydrogens is 474 g/mol. The highest BCUT2D eigenvalue weighted by Crippen LogP contribution is 2.37. The number of aromatic nitrogens is 2. The number of nitrogens with zero attached hydrogens (tertiary/aromatic N) is 5. The monoisotopic (exact) mass is 495 g/mol. The Bertz CT molecular complexity index is 1540. The molecule has 7 nitrogen and oxygen atoms in total. The summed E-state index contributed by atoms with van der Waals surface area (Å²) in [6.45, 7) is 0. The molecule has 0 bridgehead atoms. The van der Waals surface area contributed by atoms with Crippen LogP contribution in [0.5, 0.6) is 5.75 Å². The van der Waals surface area contributed by atoms with Crippen molar-refractivity contribution in [3.8, 4) is 23.1 Å². The lowest BCUT2D eigenvalue weighted by Crippen LogP contribution is -2.31. The van der Waals surface area contributed by atoms with Gasteiger partial charge in [-0.15, -0.1) is 0 Å². The number of rotatable bonds is 5. The van der Waals surface area contributed by atoms with E-state index >= 15 is 0 Å². The second-order valence-electron chi connectivity index (χ2n) is 8.37. The van der Waals surface area contributed by atoms with Gasteiger partial charge in [-0.25, -0.2) is 9.99 Å². The molecule has 1 aromatic heterocycles. The summed E-state index contributed by atoms with van der Waals surface area (Å²) in [5, 5.41) is 17.1. The Labute approximate surface area is 213 Å². The first-order valence-corrected chi connectivity index (χ1v) is 11.7. The van der Waals surface area contributed by atoms with Gasteiger partial charge in [-0.05, 0) is 35.4 Å². The van der Waals surface area contributed by atoms with E-state index in [0.29, 0.717) is 28.6 Å². The fourth-order valence-corrected chi connectivity index (χ4v) is 4.42. The lowest BCUT2D eigenvalue weighted by atomic mass is 9.98. The fourth-order valence-electron chi connectivity index (χ4n) is 4.30. The van der Waals surface area contributed by atoms with Crippen molar-refractivity contribution in [2.45, 2.75) is 12.5 Å². The third-order valence-corrected chi connectivity index (χ3v) is 6.47. The van der Waals surface area contributed by atoms with Crippen molar-refractivity contribution in [3.05, 3.63) is 111 Å². The van der Waals surface area contributed by atoms with E-state index in [1.807, 2.05) is 84.9 Å². The molecule has 1 aliphatic heterocycles. The third-order valence-electron chi connectivity index (χ3n) is 6.22. The van der Waals surface area contributed by atoms with Gasteiger partial charge in [-0.3, -0.25) is 9.36 Å². The fraction of sp³-hybridized carbons (Fsp3) is 0.143. The number of halogens is 1. The van der Waals surface area contributed by atoms with E-state index in [-0.39, 0.29) is 11.6 Å². The molecule has 0 radical (unpaired) electrons. The molecule has 2 heterocycles. The predicted octanol–water partition coefficient (Wildman–Crippen LogP) is 5.34. The molecule has 0 saturated carbocycles. The zero-order valence-corrected chi connectivity index (χ0v) is 20.5. The van der Waals surface area contributed by atoms with Gasteiger partial charge in [0.1, 0.15) is 17.4 Å². The molecule has 0 aliphatic carbocycles.